The van der Waals surface area contributed by atoms with Crippen LogP contribution >= 0.6 is 34.0 Å². The van der Waals surface area contributed by atoms with E-state index >= 15 is 0 Å². The van der Waals surface area contributed by atoms with Crippen molar-refractivity contribution >= 4 is 34.0 Å². The first-order valence-corrected chi connectivity index (χ1v) is 1.21. The van der Waals surface area contributed by atoms with E-state index in [0.29, 0.717) is 24.7 Å². The summed E-state index contributed by atoms with van der Waals surface area (Å²) in [7, 11) is 0. The maximum atomic E-state index is 8.34. The molecule has 0 aromatic heterocycles. The molecule has 34 valence electrons. The van der Waals surface area contributed by atoms with Gasteiger partial charge in [0.25, 0.3) is 0 Å². The summed E-state index contributed by atoms with van der Waals surface area (Å²) in [6.45, 7) is 0. The summed E-state index contributed by atoms with van der Waals surface area (Å²) in [5.41, 5.74) is 0. The Morgan fingerprint density at radius 2 is 1.00 bits per heavy atom. The first kappa shape index (κ1) is 30.6. The van der Waals surface area contributed by atoms with Crippen LogP contribution in [0.4, 0.5) is 0 Å². The molecule has 0 aliphatic heterocycles. The fourth-order valence-corrected chi connectivity index (χ4v) is 0. The zero-order chi connectivity index (χ0) is 2.00. The molecule has 0 amide bonds. The molecule has 0 aromatic carbocycles. The first-order valence-electron chi connectivity index (χ1n) is 0.204. The van der Waals surface area contributed by atoms with E-state index in [1.54, 1.807) is 0 Å². The fraction of sp³-hybridized carbons (Fsp3) is 0. The molecule has 0 spiro atoms. The van der Waals surface area contributed by atoms with Crippen LogP contribution in [-0.4, -0.2) is 5.48 Å². The van der Waals surface area contributed by atoms with E-state index in [4.69, 9.17) is 2.81 Å². The predicted molar refractivity (Wildman–Crippen MR) is 24.9 cm³/mol. The second kappa shape index (κ2) is 46.2. The van der Waals surface area contributed by atoms with Gasteiger partial charge in [-0.15, -0.1) is 34.0 Å². The van der Waals surface area contributed by atoms with Gasteiger partial charge in [0, 0.05) is 0 Å². The molecule has 0 aromatic rings. The van der Waals surface area contributed by atoms with Gasteiger partial charge >= 0.3 is 27.5 Å². The number of halogens is 2. The average Bonchev–Trinajstić information content (AvgIpc) is 1.00. The molecule has 2 nitrogen and oxygen atoms in total. The molecular formula is H4Br2O2Zr. The molecule has 0 saturated heterocycles. The average molecular weight is 287 g/mol. The molecule has 0 fully saturated rings. The van der Waals surface area contributed by atoms with Crippen LogP contribution in [0.2, 0.25) is 0 Å². The van der Waals surface area contributed by atoms with Crippen molar-refractivity contribution < 1.29 is 33.0 Å². The van der Waals surface area contributed by atoms with Crippen LogP contribution in [0, 0.1) is 0 Å². The van der Waals surface area contributed by atoms with Crippen molar-refractivity contribution in [3.63, 3.8) is 0 Å². The van der Waals surface area contributed by atoms with Gasteiger partial charge in [0.15, 0.2) is 0 Å². The third-order valence-electron chi connectivity index (χ3n) is 0. The van der Waals surface area contributed by atoms with Crippen molar-refractivity contribution in [1.29, 1.82) is 0 Å². The number of rotatable bonds is 0. The minimum atomic E-state index is 0. The molecule has 5 heavy (non-hydrogen) atoms. The van der Waals surface area contributed by atoms with Gasteiger partial charge < -0.3 is 5.48 Å². The molecule has 0 aliphatic carbocycles. The summed E-state index contributed by atoms with van der Waals surface area (Å²) < 4.78 is 8.34. The van der Waals surface area contributed by atoms with E-state index < -0.39 is 0 Å². The maximum absolute atomic E-state index is 8.34. The summed E-state index contributed by atoms with van der Waals surface area (Å²) in [5, 5.41) is 0. The van der Waals surface area contributed by atoms with E-state index in [0.717, 1.165) is 0 Å². The van der Waals surface area contributed by atoms with Gasteiger partial charge in [-0.05, 0) is 0 Å². The topological polar surface area (TPSA) is 48.6 Å². The molecule has 2 N–H and O–H groups in total. The SMILES string of the molecule is Br.Br.O.[O]=[Zr]. The minimum absolute atomic E-state index is 0. The van der Waals surface area contributed by atoms with E-state index in [-0.39, 0.29) is 39.4 Å². The zero-order valence-corrected chi connectivity index (χ0v) is 8.11. The number of hydrogen-bond donors (Lipinski definition) is 0. The molecular weight excluding hydrogens is 283 g/mol. The molecule has 0 atom stereocenters. The van der Waals surface area contributed by atoms with E-state index in [2.05, 4.69) is 0 Å². The van der Waals surface area contributed by atoms with Gasteiger partial charge in [0.05, 0.1) is 0 Å². The second-order valence-electron chi connectivity index (χ2n) is 0. The Morgan fingerprint density at radius 3 is 1.00 bits per heavy atom. The van der Waals surface area contributed by atoms with Crippen LogP contribution in [0.25, 0.3) is 0 Å². The normalized spacial score (nSPS) is 0.600. The van der Waals surface area contributed by atoms with E-state index in [1.807, 2.05) is 0 Å². The van der Waals surface area contributed by atoms with Crippen molar-refractivity contribution in [3.8, 4) is 0 Å². The Labute approximate surface area is 66.5 Å². The van der Waals surface area contributed by atoms with Gasteiger partial charge in [0.2, 0.25) is 0 Å². The van der Waals surface area contributed by atoms with Crippen LogP contribution in [0.5, 0.6) is 0 Å². The van der Waals surface area contributed by atoms with Crippen molar-refractivity contribution in [3.05, 3.63) is 0 Å². The van der Waals surface area contributed by atoms with Crippen LogP contribution in [-0.2, 0) is 27.5 Å². The second-order valence-corrected chi connectivity index (χ2v) is 0. The van der Waals surface area contributed by atoms with Gasteiger partial charge in [-0.25, -0.2) is 0 Å². The number of hydrogen-bond acceptors (Lipinski definition) is 1. The molecule has 0 unspecified atom stereocenters. The molecule has 0 rings (SSSR count). The first-order chi connectivity index (χ1) is 1.00. The van der Waals surface area contributed by atoms with Crippen molar-refractivity contribution in [2.45, 2.75) is 0 Å². The Morgan fingerprint density at radius 1 is 1.00 bits per heavy atom. The van der Waals surface area contributed by atoms with Gasteiger partial charge in [-0.3, -0.25) is 0 Å². The Kier molecular flexibility index (Phi) is 283. The van der Waals surface area contributed by atoms with Gasteiger partial charge in [-0.1, -0.05) is 0 Å². The Bertz CT molecular complexity index is 7.61. The summed E-state index contributed by atoms with van der Waals surface area (Å²) >= 11 is 0.300. The van der Waals surface area contributed by atoms with Crippen LogP contribution in [0.3, 0.4) is 0 Å². The van der Waals surface area contributed by atoms with Crippen LogP contribution < -0.4 is 0 Å². The Balaban J connectivity index is -0.00000000167. The monoisotopic (exact) mass is 284 g/mol. The van der Waals surface area contributed by atoms with Crippen molar-refractivity contribution in [2.75, 3.05) is 0 Å². The Hall–Kier alpha value is 1.60. The molecule has 0 bridgehead atoms. The summed E-state index contributed by atoms with van der Waals surface area (Å²) in [6, 6.07) is 0. The third kappa shape index (κ3) is 28.3. The van der Waals surface area contributed by atoms with E-state index in [1.165, 1.54) is 0 Å². The standard InChI is InChI=1S/2BrH.H2O.O.Zr/h2*1H;1H2;;. The molecule has 0 saturated carbocycles. The summed E-state index contributed by atoms with van der Waals surface area (Å²) in [5.74, 6) is 0. The van der Waals surface area contributed by atoms with Crippen LogP contribution in [0.15, 0.2) is 0 Å². The molecule has 0 aliphatic rings. The molecule has 0 heterocycles. The molecule has 5 heteroatoms. The van der Waals surface area contributed by atoms with Gasteiger partial charge in [-0.2, -0.15) is 0 Å². The third-order valence-corrected chi connectivity index (χ3v) is 0. The fourth-order valence-electron chi connectivity index (χ4n) is 0. The molecule has 0 radical (unpaired) electrons. The summed E-state index contributed by atoms with van der Waals surface area (Å²) in [4.78, 5) is 0. The predicted octanol–water partition coefficient (Wildman–Crippen LogP) is 0.210. The summed E-state index contributed by atoms with van der Waals surface area (Å²) in [6.07, 6.45) is 0. The van der Waals surface area contributed by atoms with Crippen molar-refractivity contribution in [1.82, 2.24) is 0 Å². The van der Waals surface area contributed by atoms with E-state index in [9.17, 15) is 0 Å². The van der Waals surface area contributed by atoms with Crippen LogP contribution in [0.1, 0.15) is 0 Å². The van der Waals surface area contributed by atoms with Crippen molar-refractivity contribution in [2.24, 2.45) is 0 Å². The van der Waals surface area contributed by atoms with Gasteiger partial charge in [0.1, 0.15) is 0 Å². The zero-order valence-electron chi connectivity index (χ0n) is 2.22. The quantitative estimate of drug-likeness (QED) is 0.628.